The van der Waals surface area contributed by atoms with E-state index in [0.29, 0.717) is 15.3 Å². The third-order valence-corrected chi connectivity index (χ3v) is 4.82. The van der Waals surface area contributed by atoms with Gasteiger partial charge in [0.1, 0.15) is 17.2 Å². The van der Waals surface area contributed by atoms with Crippen LogP contribution in [0.15, 0.2) is 40.9 Å². The largest absolute Gasteiger partial charge is 0.487 e. The van der Waals surface area contributed by atoms with Crippen LogP contribution in [-0.2, 0) is 0 Å². The van der Waals surface area contributed by atoms with Crippen molar-refractivity contribution in [1.29, 1.82) is 0 Å². The monoisotopic (exact) mass is 422 g/mol. The zero-order chi connectivity index (χ0) is 18.2. The Morgan fingerprint density at radius 2 is 2.04 bits per heavy atom. The van der Waals surface area contributed by atoms with Crippen LogP contribution in [0.2, 0.25) is 0 Å². The van der Waals surface area contributed by atoms with Crippen molar-refractivity contribution in [1.82, 2.24) is 5.32 Å². The van der Waals surface area contributed by atoms with Crippen LogP contribution in [0.5, 0.6) is 5.75 Å². The van der Waals surface area contributed by atoms with Gasteiger partial charge < -0.3 is 15.4 Å². The zero-order valence-electron chi connectivity index (χ0n) is 14.3. The molecular weight excluding hydrogens is 403 g/mol. The van der Waals surface area contributed by atoms with Crippen molar-refractivity contribution in [2.45, 2.75) is 38.8 Å². The number of anilines is 1. The summed E-state index contributed by atoms with van der Waals surface area (Å²) in [5.41, 5.74) is 2.27. The first-order valence-electron chi connectivity index (χ1n) is 8.06. The molecule has 0 saturated heterocycles. The number of rotatable bonds is 2. The fourth-order valence-corrected chi connectivity index (χ4v) is 3.60. The summed E-state index contributed by atoms with van der Waals surface area (Å²) < 4.78 is 20.8. The maximum absolute atomic E-state index is 14.0. The summed E-state index contributed by atoms with van der Waals surface area (Å²) in [6, 6.07) is 10.9. The maximum atomic E-state index is 14.0. The summed E-state index contributed by atoms with van der Waals surface area (Å²) in [4.78, 5) is 0. The van der Waals surface area contributed by atoms with Gasteiger partial charge in [-0.25, -0.2) is 4.39 Å². The first kappa shape index (κ1) is 18.1. The van der Waals surface area contributed by atoms with Gasteiger partial charge in [0.05, 0.1) is 11.7 Å². The first-order chi connectivity index (χ1) is 11.7. The molecule has 25 heavy (non-hydrogen) atoms. The highest BCUT2D eigenvalue weighted by molar-refractivity contribution is 9.10. The summed E-state index contributed by atoms with van der Waals surface area (Å²) in [7, 11) is 0. The van der Waals surface area contributed by atoms with E-state index < -0.39 is 0 Å². The Kier molecular flexibility index (Phi) is 5.02. The number of nitrogens with one attached hydrogen (secondary N) is 2. The molecule has 1 unspecified atom stereocenters. The molecule has 2 N–H and O–H groups in total. The lowest BCUT2D eigenvalue weighted by Crippen LogP contribution is -2.42. The second kappa shape index (κ2) is 6.92. The van der Waals surface area contributed by atoms with Crippen molar-refractivity contribution >= 4 is 38.9 Å². The fraction of sp³-hybridized carbons (Fsp3) is 0.316. The van der Waals surface area contributed by atoms with E-state index in [4.69, 9.17) is 17.0 Å². The number of halogens is 2. The van der Waals surface area contributed by atoms with Crippen molar-refractivity contribution in [2.75, 3.05) is 5.32 Å². The standard InChI is InChI=1S/C19H20BrFN2OS/c1-11-4-7-17-13(8-11)16(10-19(2,3)24-17)23-18(25)22-15-6-5-12(20)9-14(15)21/h4-9,16H,10H2,1-3H3,(H2,22,23,25). The molecule has 0 aromatic heterocycles. The van der Waals surface area contributed by atoms with Gasteiger partial charge in [-0.05, 0) is 57.3 Å². The minimum Gasteiger partial charge on any atom is -0.487 e. The Balaban J connectivity index is 1.80. The second-order valence-corrected chi connectivity index (χ2v) is 8.21. The Labute approximate surface area is 161 Å². The summed E-state index contributed by atoms with van der Waals surface area (Å²) in [5, 5.41) is 6.64. The molecule has 0 radical (unpaired) electrons. The molecule has 132 valence electrons. The molecule has 0 saturated carbocycles. The molecule has 0 fully saturated rings. The lowest BCUT2D eigenvalue weighted by atomic mass is 9.89. The molecule has 1 heterocycles. The summed E-state index contributed by atoms with van der Waals surface area (Å²) in [6.07, 6.45) is 0.758. The molecule has 0 aliphatic carbocycles. The topological polar surface area (TPSA) is 33.3 Å². The molecule has 3 rings (SSSR count). The Bertz CT molecular complexity index is 825. The van der Waals surface area contributed by atoms with Gasteiger partial charge in [0.2, 0.25) is 0 Å². The second-order valence-electron chi connectivity index (χ2n) is 6.88. The van der Waals surface area contributed by atoms with Gasteiger partial charge in [0.25, 0.3) is 0 Å². The quantitative estimate of drug-likeness (QED) is 0.627. The molecule has 2 aromatic carbocycles. The van der Waals surface area contributed by atoms with Crippen LogP contribution in [0.25, 0.3) is 0 Å². The molecule has 0 spiro atoms. The predicted octanol–water partition coefficient (Wildman–Crippen LogP) is 5.49. The van der Waals surface area contributed by atoms with Gasteiger partial charge >= 0.3 is 0 Å². The van der Waals surface area contributed by atoms with Gasteiger partial charge in [0, 0.05) is 16.5 Å². The third kappa shape index (κ3) is 4.30. The number of aryl methyl sites for hydroxylation is 1. The number of ether oxygens (including phenoxy) is 1. The van der Waals surface area contributed by atoms with Crippen LogP contribution in [0.4, 0.5) is 10.1 Å². The van der Waals surface area contributed by atoms with Crippen molar-refractivity contribution in [3.05, 3.63) is 57.8 Å². The Hall–Kier alpha value is -1.66. The minimum atomic E-state index is -0.359. The number of fused-ring (bicyclic) bond motifs is 1. The van der Waals surface area contributed by atoms with Crippen molar-refractivity contribution in [3.8, 4) is 5.75 Å². The van der Waals surface area contributed by atoms with Crippen LogP contribution in [0, 0.1) is 12.7 Å². The summed E-state index contributed by atoms with van der Waals surface area (Å²) >= 11 is 8.65. The molecule has 2 aromatic rings. The third-order valence-electron chi connectivity index (χ3n) is 4.11. The van der Waals surface area contributed by atoms with E-state index in [0.717, 1.165) is 23.3 Å². The number of benzene rings is 2. The van der Waals surface area contributed by atoms with Crippen LogP contribution in [-0.4, -0.2) is 10.7 Å². The highest BCUT2D eigenvalue weighted by atomic mass is 79.9. The molecule has 3 nitrogen and oxygen atoms in total. The van der Waals surface area contributed by atoms with E-state index >= 15 is 0 Å². The van der Waals surface area contributed by atoms with E-state index in [-0.39, 0.29) is 17.5 Å². The van der Waals surface area contributed by atoms with Crippen LogP contribution in [0.3, 0.4) is 0 Å². The van der Waals surface area contributed by atoms with Crippen LogP contribution in [0.1, 0.15) is 37.4 Å². The highest BCUT2D eigenvalue weighted by Crippen LogP contribution is 2.39. The molecular formula is C19H20BrFN2OS. The molecule has 1 atom stereocenters. The van der Waals surface area contributed by atoms with Crippen molar-refractivity contribution in [3.63, 3.8) is 0 Å². The average Bonchev–Trinajstić information content (AvgIpc) is 2.50. The Morgan fingerprint density at radius 1 is 1.28 bits per heavy atom. The summed E-state index contributed by atoms with van der Waals surface area (Å²) in [6.45, 7) is 6.15. The van der Waals surface area contributed by atoms with Gasteiger partial charge in [-0.2, -0.15) is 0 Å². The van der Waals surface area contributed by atoms with Crippen LogP contribution >= 0.6 is 28.1 Å². The van der Waals surface area contributed by atoms with Crippen molar-refractivity contribution in [2.24, 2.45) is 0 Å². The van der Waals surface area contributed by atoms with E-state index in [9.17, 15) is 4.39 Å². The maximum Gasteiger partial charge on any atom is 0.171 e. The number of hydrogen-bond donors (Lipinski definition) is 2. The number of hydrogen-bond acceptors (Lipinski definition) is 2. The van der Waals surface area contributed by atoms with Crippen LogP contribution < -0.4 is 15.4 Å². The Morgan fingerprint density at radius 3 is 2.76 bits per heavy atom. The van der Waals surface area contributed by atoms with E-state index in [2.05, 4.69) is 46.5 Å². The van der Waals surface area contributed by atoms with E-state index in [1.165, 1.54) is 6.07 Å². The van der Waals surface area contributed by atoms with Gasteiger partial charge in [-0.15, -0.1) is 0 Å². The minimum absolute atomic E-state index is 0.00263. The lowest BCUT2D eigenvalue weighted by molar-refractivity contribution is 0.0696. The fourth-order valence-electron chi connectivity index (χ4n) is 3.01. The molecule has 1 aliphatic rings. The van der Waals surface area contributed by atoms with E-state index in [1.807, 2.05) is 19.1 Å². The highest BCUT2D eigenvalue weighted by Gasteiger charge is 2.34. The van der Waals surface area contributed by atoms with E-state index in [1.54, 1.807) is 12.1 Å². The molecule has 6 heteroatoms. The SMILES string of the molecule is Cc1ccc2c(c1)C(NC(=S)Nc1ccc(Br)cc1F)CC(C)(C)O2. The van der Waals surface area contributed by atoms with Gasteiger partial charge in [-0.1, -0.05) is 33.6 Å². The van der Waals surface area contributed by atoms with Gasteiger partial charge in [-0.3, -0.25) is 0 Å². The molecule has 0 amide bonds. The zero-order valence-corrected chi connectivity index (χ0v) is 16.7. The lowest BCUT2D eigenvalue weighted by Gasteiger charge is -2.38. The van der Waals surface area contributed by atoms with Gasteiger partial charge in [0.15, 0.2) is 5.11 Å². The predicted molar refractivity (Wildman–Crippen MR) is 107 cm³/mol. The normalized spacial score (nSPS) is 18.0. The smallest absolute Gasteiger partial charge is 0.171 e. The molecule has 0 bridgehead atoms. The average molecular weight is 423 g/mol. The van der Waals surface area contributed by atoms with Crippen molar-refractivity contribution < 1.29 is 9.13 Å². The first-order valence-corrected chi connectivity index (χ1v) is 9.26. The summed E-state index contributed by atoms with van der Waals surface area (Å²) in [5.74, 6) is 0.499. The molecule has 1 aliphatic heterocycles. The number of thiocarbonyl (C=S) groups is 1.